The minimum Gasteiger partial charge on any atom is -0.483 e. The number of nitrogens with zero attached hydrogens (tertiary/aromatic N) is 5. The first-order chi connectivity index (χ1) is 15.9. The smallest absolute Gasteiger partial charge is 0.260 e. The molecule has 0 radical (unpaired) electrons. The van der Waals surface area contributed by atoms with Crippen LogP contribution in [0, 0.1) is 5.82 Å². The summed E-state index contributed by atoms with van der Waals surface area (Å²) < 4.78 is 20.8. The van der Waals surface area contributed by atoms with E-state index in [9.17, 15) is 9.18 Å². The zero-order valence-corrected chi connectivity index (χ0v) is 19.5. The lowest BCUT2D eigenvalue weighted by Gasteiger charge is -2.44. The Bertz CT molecular complexity index is 1080. The summed E-state index contributed by atoms with van der Waals surface area (Å²) in [6, 6.07) is 12.1. The van der Waals surface area contributed by atoms with Crippen molar-refractivity contribution in [1.29, 1.82) is 0 Å². The van der Waals surface area contributed by atoms with Crippen LogP contribution in [0.5, 0.6) is 5.75 Å². The molecular weight excluding hydrogens is 445 g/mol. The second-order valence-electron chi connectivity index (χ2n) is 8.44. The molecule has 0 bridgehead atoms. The number of rotatable bonds is 7. The molecule has 4 rings (SSSR count). The van der Waals surface area contributed by atoms with Crippen LogP contribution in [-0.2, 0) is 17.9 Å². The van der Waals surface area contributed by atoms with Gasteiger partial charge in [0.15, 0.2) is 6.61 Å². The molecule has 0 saturated carbocycles. The molecule has 0 spiro atoms. The first-order valence-electron chi connectivity index (χ1n) is 10.9. The van der Waals surface area contributed by atoms with E-state index in [2.05, 4.69) is 22.1 Å². The third kappa shape index (κ3) is 5.89. The van der Waals surface area contributed by atoms with Gasteiger partial charge in [0.1, 0.15) is 11.6 Å². The molecule has 33 heavy (non-hydrogen) atoms. The zero-order chi connectivity index (χ0) is 23.4. The van der Waals surface area contributed by atoms with Crippen LogP contribution in [0.15, 0.2) is 54.9 Å². The minimum absolute atomic E-state index is 0.0394. The van der Waals surface area contributed by atoms with Gasteiger partial charge in [-0.05, 0) is 49.7 Å². The summed E-state index contributed by atoms with van der Waals surface area (Å²) in [4.78, 5) is 17.2. The average molecular weight is 472 g/mol. The van der Waals surface area contributed by atoms with E-state index in [0.29, 0.717) is 23.9 Å². The molecular formula is C24H27ClFN5O2. The van der Waals surface area contributed by atoms with Gasteiger partial charge in [-0.1, -0.05) is 28.9 Å². The van der Waals surface area contributed by atoms with Crippen molar-refractivity contribution in [3.8, 4) is 5.75 Å². The molecule has 2 unspecified atom stereocenters. The SMILES string of the molecule is CC1CN(C(=O)COc2ccc(Cl)cc2Cn2ccnn2)C(C)CN1Cc1ccc(F)cc1. The van der Waals surface area contributed by atoms with Crippen molar-refractivity contribution in [1.82, 2.24) is 24.8 Å². The molecule has 1 aliphatic heterocycles. The highest BCUT2D eigenvalue weighted by Crippen LogP contribution is 2.24. The summed E-state index contributed by atoms with van der Waals surface area (Å²) in [5.41, 5.74) is 1.88. The monoisotopic (exact) mass is 471 g/mol. The normalized spacial score (nSPS) is 19.0. The van der Waals surface area contributed by atoms with Crippen LogP contribution in [0.1, 0.15) is 25.0 Å². The van der Waals surface area contributed by atoms with E-state index in [-0.39, 0.29) is 30.4 Å². The number of halogens is 2. The van der Waals surface area contributed by atoms with Crippen LogP contribution in [-0.4, -0.2) is 62.5 Å². The van der Waals surface area contributed by atoms with Crippen molar-refractivity contribution in [2.75, 3.05) is 19.7 Å². The van der Waals surface area contributed by atoms with Crippen LogP contribution in [0.3, 0.4) is 0 Å². The third-order valence-corrected chi connectivity index (χ3v) is 6.15. The quantitative estimate of drug-likeness (QED) is 0.526. The van der Waals surface area contributed by atoms with Gasteiger partial charge in [0, 0.05) is 48.5 Å². The molecule has 1 saturated heterocycles. The van der Waals surface area contributed by atoms with Gasteiger partial charge >= 0.3 is 0 Å². The second-order valence-corrected chi connectivity index (χ2v) is 8.88. The molecule has 1 aliphatic rings. The van der Waals surface area contributed by atoms with Crippen molar-refractivity contribution in [3.63, 3.8) is 0 Å². The molecule has 2 heterocycles. The molecule has 2 atom stereocenters. The van der Waals surface area contributed by atoms with Crippen molar-refractivity contribution >= 4 is 17.5 Å². The number of benzene rings is 2. The number of hydrogen-bond acceptors (Lipinski definition) is 5. The van der Waals surface area contributed by atoms with E-state index in [1.165, 1.54) is 12.1 Å². The van der Waals surface area contributed by atoms with Gasteiger partial charge in [-0.25, -0.2) is 9.07 Å². The molecule has 9 heteroatoms. The van der Waals surface area contributed by atoms with E-state index < -0.39 is 0 Å². The van der Waals surface area contributed by atoms with Gasteiger partial charge in [-0.15, -0.1) is 5.10 Å². The number of aromatic nitrogens is 3. The molecule has 3 aromatic rings. The van der Waals surface area contributed by atoms with E-state index in [1.807, 2.05) is 17.9 Å². The highest BCUT2D eigenvalue weighted by Gasteiger charge is 2.32. The summed E-state index contributed by atoms with van der Waals surface area (Å²) in [6.07, 6.45) is 3.36. The van der Waals surface area contributed by atoms with Crippen molar-refractivity contribution < 1.29 is 13.9 Å². The van der Waals surface area contributed by atoms with E-state index in [0.717, 1.165) is 24.2 Å². The fourth-order valence-corrected chi connectivity index (χ4v) is 4.31. The topological polar surface area (TPSA) is 63.5 Å². The Kier molecular flexibility index (Phi) is 7.25. The maximum Gasteiger partial charge on any atom is 0.260 e. The lowest BCUT2D eigenvalue weighted by Crippen LogP contribution is -2.58. The predicted octanol–water partition coefficient (Wildman–Crippen LogP) is 3.62. The number of amides is 1. The number of carbonyl (C=O) groups excluding carboxylic acids is 1. The number of ether oxygens (including phenoxy) is 1. The Morgan fingerprint density at radius 2 is 1.91 bits per heavy atom. The Labute approximate surface area is 197 Å². The molecule has 0 N–H and O–H groups in total. The van der Waals surface area contributed by atoms with Crippen LogP contribution in [0.25, 0.3) is 0 Å². The van der Waals surface area contributed by atoms with Gasteiger partial charge in [0.05, 0.1) is 12.7 Å². The standard InChI is InChI=1S/C24H27ClFN5O2/c1-17-13-31(18(2)12-29(17)14-19-3-6-22(26)7-4-19)24(32)16-33-23-8-5-21(25)11-20(23)15-30-10-9-27-28-30/h3-11,17-18H,12-16H2,1-2H3. The fraction of sp³-hybridized carbons (Fsp3) is 0.375. The third-order valence-electron chi connectivity index (χ3n) is 5.91. The van der Waals surface area contributed by atoms with Crippen molar-refractivity contribution in [2.24, 2.45) is 0 Å². The summed E-state index contributed by atoms with van der Waals surface area (Å²) in [5, 5.41) is 8.38. The zero-order valence-electron chi connectivity index (χ0n) is 18.7. The lowest BCUT2D eigenvalue weighted by atomic mass is 10.1. The highest BCUT2D eigenvalue weighted by molar-refractivity contribution is 6.30. The Balaban J connectivity index is 1.36. The van der Waals surface area contributed by atoms with Crippen molar-refractivity contribution in [2.45, 2.75) is 39.0 Å². The summed E-state index contributed by atoms with van der Waals surface area (Å²) in [6.45, 7) is 6.60. The number of carbonyl (C=O) groups is 1. The van der Waals surface area contributed by atoms with Gasteiger partial charge in [0.25, 0.3) is 5.91 Å². The van der Waals surface area contributed by atoms with E-state index >= 15 is 0 Å². The van der Waals surface area contributed by atoms with E-state index in [1.54, 1.807) is 41.3 Å². The second kappa shape index (κ2) is 10.3. The van der Waals surface area contributed by atoms with Crippen LogP contribution in [0.4, 0.5) is 4.39 Å². The molecule has 1 amide bonds. The fourth-order valence-electron chi connectivity index (χ4n) is 4.12. The lowest BCUT2D eigenvalue weighted by molar-refractivity contribution is -0.139. The number of hydrogen-bond donors (Lipinski definition) is 0. The molecule has 1 fully saturated rings. The summed E-state index contributed by atoms with van der Waals surface area (Å²) in [5.74, 6) is 0.303. The average Bonchev–Trinajstić information content (AvgIpc) is 3.30. The highest BCUT2D eigenvalue weighted by atomic mass is 35.5. The molecule has 1 aromatic heterocycles. The molecule has 7 nitrogen and oxygen atoms in total. The first kappa shape index (κ1) is 23.2. The van der Waals surface area contributed by atoms with Gasteiger partial charge < -0.3 is 9.64 Å². The first-order valence-corrected chi connectivity index (χ1v) is 11.3. The maximum absolute atomic E-state index is 13.2. The van der Waals surface area contributed by atoms with E-state index in [4.69, 9.17) is 16.3 Å². The molecule has 2 aromatic carbocycles. The molecule has 174 valence electrons. The van der Waals surface area contributed by atoms with Gasteiger partial charge in [-0.2, -0.15) is 0 Å². The number of piperazine rings is 1. The van der Waals surface area contributed by atoms with Crippen LogP contribution in [0.2, 0.25) is 5.02 Å². The van der Waals surface area contributed by atoms with Crippen LogP contribution < -0.4 is 4.74 Å². The Hall–Kier alpha value is -2.97. The summed E-state index contributed by atoms with van der Waals surface area (Å²) >= 11 is 6.16. The Morgan fingerprint density at radius 3 is 2.64 bits per heavy atom. The minimum atomic E-state index is -0.235. The molecule has 0 aliphatic carbocycles. The van der Waals surface area contributed by atoms with Crippen molar-refractivity contribution in [3.05, 3.63) is 76.8 Å². The summed E-state index contributed by atoms with van der Waals surface area (Å²) in [7, 11) is 0. The van der Waals surface area contributed by atoms with Gasteiger partial charge in [-0.3, -0.25) is 9.69 Å². The predicted molar refractivity (Wildman–Crippen MR) is 124 cm³/mol. The van der Waals surface area contributed by atoms with Gasteiger partial charge in [0.2, 0.25) is 0 Å². The largest absolute Gasteiger partial charge is 0.483 e. The maximum atomic E-state index is 13.2. The Morgan fingerprint density at radius 1 is 1.12 bits per heavy atom. The van der Waals surface area contributed by atoms with Crippen LogP contribution >= 0.6 is 11.6 Å².